The van der Waals surface area contributed by atoms with E-state index in [1.807, 2.05) is 17.1 Å². The molecule has 1 N–H and O–H groups in total. The van der Waals surface area contributed by atoms with Crippen LogP contribution in [0.5, 0.6) is 0 Å². The van der Waals surface area contributed by atoms with Gasteiger partial charge in [-0.1, -0.05) is 30.3 Å². The highest BCUT2D eigenvalue weighted by Gasteiger charge is 1.96. The van der Waals surface area contributed by atoms with Gasteiger partial charge in [0, 0.05) is 19.3 Å². The molecule has 0 unspecified atom stereocenters. The first-order chi connectivity index (χ1) is 8.38. The number of hydrogen-bond donors (Lipinski definition) is 1. The number of aromatic nitrogens is 2. The molecule has 0 atom stereocenters. The minimum Gasteiger partial charge on any atom is -0.382 e. The highest BCUT2D eigenvalue weighted by atomic mass is 15.3. The van der Waals surface area contributed by atoms with Crippen LogP contribution in [0.15, 0.2) is 42.7 Å². The molecule has 3 heteroatoms. The molecule has 90 valence electrons. The summed E-state index contributed by atoms with van der Waals surface area (Å²) in [7, 11) is 0. The van der Waals surface area contributed by atoms with Crippen molar-refractivity contribution in [2.24, 2.45) is 0 Å². The summed E-state index contributed by atoms with van der Waals surface area (Å²) in [6.45, 7) is 4.00. The number of nitrogens with one attached hydrogen (secondary N) is 1. The van der Waals surface area contributed by atoms with E-state index in [-0.39, 0.29) is 0 Å². The molecule has 0 fully saturated rings. The lowest BCUT2D eigenvalue weighted by Gasteiger charge is -2.03. The fourth-order valence-corrected chi connectivity index (χ4v) is 1.80. The third-order valence-electron chi connectivity index (χ3n) is 2.77. The third-order valence-corrected chi connectivity index (χ3v) is 2.77. The fourth-order valence-electron chi connectivity index (χ4n) is 1.80. The van der Waals surface area contributed by atoms with E-state index < -0.39 is 0 Å². The first kappa shape index (κ1) is 11.7. The lowest BCUT2D eigenvalue weighted by atomic mass is 10.1. The minimum atomic E-state index is 0.922. The fraction of sp³-hybridized carbons (Fsp3) is 0.357. The SMILES string of the molecule is CCn1cc(NCCCc2ccccc2)cn1. The van der Waals surface area contributed by atoms with E-state index in [0.717, 1.165) is 31.6 Å². The Morgan fingerprint density at radius 2 is 2.06 bits per heavy atom. The summed E-state index contributed by atoms with van der Waals surface area (Å²) in [4.78, 5) is 0. The first-order valence-corrected chi connectivity index (χ1v) is 6.18. The van der Waals surface area contributed by atoms with Gasteiger partial charge in [0.05, 0.1) is 11.9 Å². The van der Waals surface area contributed by atoms with E-state index in [1.54, 1.807) is 0 Å². The van der Waals surface area contributed by atoms with E-state index in [2.05, 4.69) is 47.7 Å². The molecule has 0 amide bonds. The maximum atomic E-state index is 4.23. The summed E-state index contributed by atoms with van der Waals surface area (Å²) in [5.74, 6) is 0. The smallest absolute Gasteiger partial charge is 0.0726 e. The third kappa shape index (κ3) is 3.63. The van der Waals surface area contributed by atoms with Crippen LogP contribution in [0.2, 0.25) is 0 Å². The van der Waals surface area contributed by atoms with E-state index in [4.69, 9.17) is 0 Å². The van der Waals surface area contributed by atoms with Crippen molar-refractivity contribution in [3.05, 3.63) is 48.3 Å². The van der Waals surface area contributed by atoms with Crippen molar-refractivity contribution in [3.8, 4) is 0 Å². The highest BCUT2D eigenvalue weighted by molar-refractivity contribution is 5.37. The summed E-state index contributed by atoms with van der Waals surface area (Å²) < 4.78 is 1.93. The predicted molar refractivity (Wildman–Crippen MR) is 71.2 cm³/mol. The van der Waals surface area contributed by atoms with Crippen molar-refractivity contribution < 1.29 is 0 Å². The minimum absolute atomic E-state index is 0.922. The van der Waals surface area contributed by atoms with E-state index >= 15 is 0 Å². The van der Waals surface area contributed by atoms with Crippen molar-refractivity contribution >= 4 is 5.69 Å². The van der Waals surface area contributed by atoms with Gasteiger partial charge in [-0.15, -0.1) is 0 Å². The van der Waals surface area contributed by atoms with Crippen LogP contribution in [-0.4, -0.2) is 16.3 Å². The second-order valence-electron chi connectivity index (χ2n) is 4.10. The second kappa shape index (κ2) is 6.09. The van der Waals surface area contributed by atoms with Crippen LogP contribution >= 0.6 is 0 Å². The molecule has 0 aliphatic heterocycles. The van der Waals surface area contributed by atoms with Crippen LogP contribution in [0.4, 0.5) is 5.69 Å². The van der Waals surface area contributed by atoms with E-state index in [9.17, 15) is 0 Å². The molecule has 1 heterocycles. The zero-order valence-electron chi connectivity index (χ0n) is 10.3. The Balaban J connectivity index is 1.69. The van der Waals surface area contributed by atoms with Gasteiger partial charge in [0.1, 0.15) is 0 Å². The number of hydrogen-bond acceptors (Lipinski definition) is 2. The molecule has 2 rings (SSSR count). The maximum Gasteiger partial charge on any atom is 0.0726 e. The van der Waals surface area contributed by atoms with Gasteiger partial charge in [-0.25, -0.2) is 0 Å². The number of nitrogens with zero attached hydrogens (tertiary/aromatic N) is 2. The van der Waals surface area contributed by atoms with Crippen molar-refractivity contribution in [1.29, 1.82) is 0 Å². The number of aryl methyl sites for hydroxylation is 2. The molecule has 0 saturated carbocycles. The lowest BCUT2D eigenvalue weighted by Crippen LogP contribution is -2.02. The second-order valence-corrected chi connectivity index (χ2v) is 4.10. The highest BCUT2D eigenvalue weighted by Crippen LogP contribution is 2.06. The molecule has 0 saturated heterocycles. The predicted octanol–water partition coefficient (Wildman–Crippen LogP) is 2.95. The van der Waals surface area contributed by atoms with Crippen LogP contribution in [0.3, 0.4) is 0 Å². The van der Waals surface area contributed by atoms with Crippen molar-refractivity contribution in [3.63, 3.8) is 0 Å². The van der Waals surface area contributed by atoms with Crippen molar-refractivity contribution in [1.82, 2.24) is 9.78 Å². The summed E-state index contributed by atoms with van der Waals surface area (Å²) in [5.41, 5.74) is 2.51. The summed E-state index contributed by atoms with van der Waals surface area (Å²) in [5, 5.41) is 7.61. The Labute approximate surface area is 102 Å². The molecule has 0 aliphatic carbocycles. The molecule has 1 aromatic carbocycles. The van der Waals surface area contributed by atoms with Crippen LogP contribution in [-0.2, 0) is 13.0 Å². The van der Waals surface area contributed by atoms with Gasteiger partial charge in [0.15, 0.2) is 0 Å². The Kier molecular flexibility index (Phi) is 4.19. The zero-order valence-corrected chi connectivity index (χ0v) is 10.3. The molecule has 0 bridgehead atoms. The average Bonchev–Trinajstić information content (AvgIpc) is 2.84. The molecule has 1 aromatic heterocycles. The van der Waals surface area contributed by atoms with Crippen molar-refractivity contribution in [2.75, 3.05) is 11.9 Å². The molecule has 0 radical (unpaired) electrons. The molecular weight excluding hydrogens is 210 g/mol. The quantitative estimate of drug-likeness (QED) is 0.772. The largest absolute Gasteiger partial charge is 0.382 e. The molecule has 2 aromatic rings. The van der Waals surface area contributed by atoms with E-state index in [0.29, 0.717) is 0 Å². The average molecular weight is 229 g/mol. The van der Waals surface area contributed by atoms with Crippen LogP contribution in [0.1, 0.15) is 18.9 Å². The standard InChI is InChI=1S/C14H19N3/c1-2-17-12-14(11-16-17)15-10-6-9-13-7-4-3-5-8-13/h3-5,7-8,11-12,15H,2,6,9-10H2,1H3. The normalized spacial score (nSPS) is 10.4. The Hall–Kier alpha value is -1.77. The van der Waals surface area contributed by atoms with Crippen LogP contribution in [0.25, 0.3) is 0 Å². The maximum absolute atomic E-state index is 4.23. The molecule has 17 heavy (non-hydrogen) atoms. The Morgan fingerprint density at radius 3 is 2.76 bits per heavy atom. The summed E-state index contributed by atoms with van der Waals surface area (Å²) >= 11 is 0. The van der Waals surface area contributed by atoms with Gasteiger partial charge in [-0.3, -0.25) is 4.68 Å². The molecule has 0 spiro atoms. The van der Waals surface area contributed by atoms with Crippen molar-refractivity contribution in [2.45, 2.75) is 26.3 Å². The topological polar surface area (TPSA) is 29.9 Å². The monoisotopic (exact) mass is 229 g/mol. The Bertz CT molecular complexity index is 434. The van der Waals surface area contributed by atoms with Crippen LogP contribution < -0.4 is 5.32 Å². The van der Waals surface area contributed by atoms with Gasteiger partial charge in [-0.05, 0) is 25.3 Å². The number of rotatable bonds is 6. The number of anilines is 1. The summed E-state index contributed by atoms with van der Waals surface area (Å²) in [6.07, 6.45) is 6.19. The van der Waals surface area contributed by atoms with Gasteiger partial charge >= 0.3 is 0 Å². The molecular formula is C14H19N3. The van der Waals surface area contributed by atoms with Gasteiger partial charge in [0.25, 0.3) is 0 Å². The number of benzene rings is 1. The Morgan fingerprint density at radius 1 is 1.24 bits per heavy atom. The first-order valence-electron chi connectivity index (χ1n) is 6.18. The van der Waals surface area contributed by atoms with E-state index in [1.165, 1.54) is 5.56 Å². The van der Waals surface area contributed by atoms with Gasteiger partial charge in [0.2, 0.25) is 0 Å². The zero-order chi connectivity index (χ0) is 11.9. The van der Waals surface area contributed by atoms with Gasteiger partial charge < -0.3 is 5.32 Å². The lowest BCUT2D eigenvalue weighted by molar-refractivity contribution is 0.660. The molecule has 3 nitrogen and oxygen atoms in total. The van der Waals surface area contributed by atoms with Gasteiger partial charge in [-0.2, -0.15) is 5.10 Å². The van der Waals surface area contributed by atoms with Crippen LogP contribution in [0, 0.1) is 0 Å². The molecule has 0 aliphatic rings. The summed E-state index contributed by atoms with van der Waals surface area (Å²) in [6, 6.07) is 10.6.